The van der Waals surface area contributed by atoms with E-state index >= 15 is 0 Å². The van der Waals surface area contributed by atoms with Crippen molar-refractivity contribution < 1.29 is 29.3 Å². The molecule has 0 spiro atoms. The topological polar surface area (TPSA) is 119 Å². The third kappa shape index (κ3) is 6.41. The molecule has 3 atom stereocenters. The normalized spacial score (nSPS) is 18.5. The summed E-state index contributed by atoms with van der Waals surface area (Å²) >= 11 is 0. The summed E-state index contributed by atoms with van der Waals surface area (Å²) in [6.07, 6.45) is 5.06. The van der Waals surface area contributed by atoms with Gasteiger partial charge in [-0.05, 0) is 50.8 Å². The monoisotopic (exact) mass is 393 g/mol. The third-order valence-corrected chi connectivity index (χ3v) is 5.25. The van der Waals surface area contributed by atoms with Crippen LogP contribution in [0.25, 0.3) is 0 Å². The number of hydrogen-bond donors (Lipinski definition) is 3. The van der Waals surface area contributed by atoms with E-state index in [1.165, 1.54) is 12.1 Å². The molecule has 1 aromatic carbocycles. The maximum atomic E-state index is 12.4. The summed E-state index contributed by atoms with van der Waals surface area (Å²) in [4.78, 5) is 24.6. The largest absolute Gasteiger partial charge is 0.504 e. The van der Waals surface area contributed by atoms with Crippen molar-refractivity contribution in [3.05, 3.63) is 23.8 Å². The molecule has 1 fully saturated rings. The van der Waals surface area contributed by atoms with E-state index in [0.29, 0.717) is 5.56 Å². The van der Waals surface area contributed by atoms with E-state index in [2.05, 4.69) is 0 Å². The highest BCUT2D eigenvalue weighted by molar-refractivity contribution is 5.76. The summed E-state index contributed by atoms with van der Waals surface area (Å²) in [7, 11) is 0. The zero-order valence-corrected chi connectivity index (χ0v) is 16.6. The molecule has 1 aliphatic rings. The van der Waals surface area contributed by atoms with Gasteiger partial charge in [0.1, 0.15) is 18.2 Å². The molecule has 2 rings (SSSR count). The van der Waals surface area contributed by atoms with Crippen molar-refractivity contribution in [1.82, 2.24) is 0 Å². The number of hydrogen-bond acceptors (Lipinski definition) is 7. The maximum Gasteiger partial charge on any atom is 0.323 e. The Kier molecular flexibility index (Phi) is 8.11. The first-order valence-corrected chi connectivity index (χ1v) is 9.95. The second kappa shape index (κ2) is 10.3. The highest BCUT2D eigenvalue weighted by Crippen LogP contribution is 2.26. The van der Waals surface area contributed by atoms with Gasteiger partial charge in [-0.15, -0.1) is 0 Å². The zero-order valence-electron chi connectivity index (χ0n) is 16.6. The van der Waals surface area contributed by atoms with Crippen LogP contribution >= 0.6 is 0 Å². The Balaban J connectivity index is 1.82. The van der Waals surface area contributed by atoms with E-state index in [-0.39, 0.29) is 29.8 Å². The molecule has 1 aromatic rings. The average Bonchev–Trinajstić information content (AvgIpc) is 2.94. The van der Waals surface area contributed by atoms with E-state index in [9.17, 15) is 19.8 Å². The summed E-state index contributed by atoms with van der Waals surface area (Å²) in [5.41, 5.74) is 6.49. The van der Waals surface area contributed by atoms with Gasteiger partial charge in [0.25, 0.3) is 0 Å². The predicted octanol–water partition coefficient (Wildman–Crippen LogP) is 2.80. The van der Waals surface area contributed by atoms with Crippen LogP contribution in [-0.4, -0.2) is 40.4 Å². The van der Waals surface area contributed by atoms with Gasteiger partial charge >= 0.3 is 11.9 Å². The Morgan fingerprint density at radius 1 is 1.04 bits per heavy atom. The fourth-order valence-corrected chi connectivity index (χ4v) is 3.29. The molecule has 1 saturated carbocycles. The quantitative estimate of drug-likeness (QED) is 0.370. The van der Waals surface area contributed by atoms with Crippen LogP contribution in [0.4, 0.5) is 0 Å². The molecule has 0 aromatic heterocycles. The van der Waals surface area contributed by atoms with Crippen LogP contribution in [0.2, 0.25) is 0 Å². The number of phenols is 2. The smallest absolute Gasteiger partial charge is 0.323 e. The second-order valence-corrected chi connectivity index (χ2v) is 7.61. The Labute approximate surface area is 165 Å². The van der Waals surface area contributed by atoms with E-state index in [1.54, 1.807) is 19.9 Å². The number of benzene rings is 1. The van der Waals surface area contributed by atoms with Crippen molar-refractivity contribution in [1.29, 1.82) is 0 Å². The first kappa shape index (κ1) is 22.0. The predicted molar refractivity (Wildman–Crippen MR) is 104 cm³/mol. The average molecular weight is 393 g/mol. The van der Waals surface area contributed by atoms with Crippen LogP contribution in [0.5, 0.6) is 11.5 Å². The summed E-state index contributed by atoms with van der Waals surface area (Å²) in [6, 6.07) is 3.32. The Hall–Kier alpha value is -2.28. The standard InChI is InChI=1S/C21H31NO6/c1-13(27-20(25)16-7-5-3-4-6-8-16)14(2)28-21(26)17(22)11-15-9-10-18(23)19(24)12-15/h9-10,12-14,16-17,23-24H,3-8,11,22H2,1-2H3/t13?,14-,17-/m0/s1. The highest BCUT2D eigenvalue weighted by Gasteiger charge is 2.28. The minimum Gasteiger partial charge on any atom is -0.504 e. The molecule has 0 amide bonds. The number of carbonyl (C=O) groups is 2. The Morgan fingerprint density at radius 2 is 1.64 bits per heavy atom. The number of esters is 2. The summed E-state index contributed by atoms with van der Waals surface area (Å²) in [5.74, 6) is -1.42. The van der Waals surface area contributed by atoms with Gasteiger partial charge in [0.15, 0.2) is 11.5 Å². The molecule has 28 heavy (non-hydrogen) atoms. The number of ether oxygens (including phenoxy) is 2. The molecule has 0 heterocycles. The van der Waals surface area contributed by atoms with Gasteiger partial charge in [-0.25, -0.2) is 0 Å². The van der Waals surface area contributed by atoms with Gasteiger partial charge in [-0.2, -0.15) is 0 Å². The molecule has 0 saturated heterocycles. The minimum absolute atomic E-state index is 0.0720. The van der Waals surface area contributed by atoms with Crippen LogP contribution in [0.3, 0.4) is 0 Å². The zero-order chi connectivity index (χ0) is 20.7. The Morgan fingerprint density at radius 3 is 2.25 bits per heavy atom. The maximum absolute atomic E-state index is 12.4. The van der Waals surface area contributed by atoms with Crippen molar-refractivity contribution in [2.45, 2.75) is 77.0 Å². The lowest BCUT2D eigenvalue weighted by Gasteiger charge is -2.24. The van der Waals surface area contributed by atoms with Crippen LogP contribution in [0, 0.1) is 5.92 Å². The number of aromatic hydroxyl groups is 2. The van der Waals surface area contributed by atoms with E-state index in [4.69, 9.17) is 15.2 Å². The molecular formula is C21H31NO6. The molecule has 1 aliphatic carbocycles. The van der Waals surface area contributed by atoms with Gasteiger partial charge in [0, 0.05) is 0 Å². The SMILES string of the molecule is CC(OC(=O)C1CCCCCC1)[C@H](C)OC(=O)[C@@H](N)Cc1ccc(O)c(O)c1. The van der Waals surface area contributed by atoms with Crippen LogP contribution in [0.1, 0.15) is 57.9 Å². The van der Waals surface area contributed by atoms with Crippen molar-refractivity contribution in [3.8, 4) is 11.5 Å². The van der Waals surface area contributed by atoms with Gasteiger partial charge in [-0.1, -0.05) is 31.7 Å². The van der Waals surface area contributed by atoms with Gasteiger partial charge in [0.05, 0.1) is 5.92 Å². The van der Waals surface area contributed by atoms with E-state index in [1.807, 2.05) is 0 Å². The Bertz CT molecular complexity index is 669. The van der Waals surface area contributed by atoms with Gasteiger partial charge < -0.3 is 25.4 Å². The molecule has 7 heteroatoms. The molecule has 7 nitrogen and oxygen atoms in total. The van der Waals surface area contributed by atoms with Crippen molar-refractivity contribution in [3.63, 3.8) is 0 Å². The lowest BCUT2D eigenvalue weighted by Crippen LogP contribution is -2.40. The third-order valence-electron chi connectivity index (χ3n) is 5.25. The number of carbonyl (C=O) groups excluding carboxylic acids is 2. The van der Waals surface area contributed by atoms with Gasteiger partial charge in [-0.3, -0.25) is 9.59 Å². The summed E-state index contributed by atoms with van der Waals surface area (Å²) < 4.78 is 10.9. The lowest BCUT2D eigenvalue weighted by atomic mass is 10.0. The van der Waals surface area contributed by atoms with E-state index in [0.717, 1.165) is 38.5 Å². The number of rotatable bonds is 7. The first-order valence-electron chi connectivity index (χ1n) is 9.95. The molecule has 0 aliphatic heterocycles. The second-order valence-electron chi connectivity index (χ2n) is 7.61. The molecule has 1 unspecified atom stereocenters. The molecule has 0 bridgehead atoms. The summed E-state index contributed by atoms with van der Waals surface area (Å²) in [6.45, 7) is 3.37. The van der Waals surface area contributed by atoms with Gasteiger partial charge in [0.2, 0.25) is 0 Å². The summed E-state index contributed by atoms with van der Waals surface area (Å²) in [5, 5.41) is 18.9. The fourth-order valence-electron chi connectivity index (χ4n) is 3.29. The fraction of sp³-hybridized carbons (Fsp3) is 0.619. The van der Waals surface area contributed by atoms with E-state index < -0.39 is 24.2 Å². The number of phenolic OH excluding ortho intramolecular Hbond substituents is 2. The molecule has 4 N–H and O–H groups in total. The van der Waals surface area contributed by atoms with Crippen LogP contribution in [0.15, 0.2) is 18.2 Å². The molecule has 156 valence electrons. The first-order chi connectivity index (χ1) is 13.3. The molecule has 0 radical (unpaired) electrons. The van der Waals surface area contributed by atoms with Crippen LogP contribution < -0.4 is 5.73 Å². The van der Waals surface area contributed by atoms with Crippen molar-refractivity contribution >= 4 is 11.9 Å². The van der Waals surface area contributed by atoms with Crippen LogP contribution in [-0.2, 0) is 25.5 Å². The van der Waals surface area contributed by atoms with Crippen molar-refractivity contribution in [2.24, 2.45) is 11.7 Å². The number of nitrogens with two attached hydrogens (primary N) is 1. The molecular weight excluding hydrogens is 362 g/mol. The highest BCUT2D eigenvalue weighted by atomic mass is 16.6. The minimum atomic E-state index is -0.934. The van der Waals surface area contributed by atoms with Crippen molar-refractivity contribution in [2.75, 3.05) is 0 Å². The lowest BCUT2D eigenvalue weighted by molar-refractivity contribution is -0.169.